The highest BCUT2D eigenvalue weighted by Gasteiger charge is 2.33. The highest BCUT2D eigenvalue weighted by Crippen LogP contribution is 2.29. The van der Waals surface area contributed by atoms with Crippen LogP contribution in [0.2, 0.25) is 0 Å². The number of hydrogen-bond acceptors (Lipinski definition) is 3. The molecule has 0 aromatic carbocycles. The smallest absolute Gasteiger partial charge is 0.350 e. The summed E-state index contributed by atoms with van der Waals surface area (Å²) in [5, 5.41) is 4.50. The van der Waals surface area contributed by atoms with E-state index in [1.54, 1.807) is 7.05 Å². The Morgan fingerprint density at radius 1 is 1.47 bits per heavy atom. The van der Waals surface area contributed by atoms with Gasteiger partial charge in [0.05, 0.1) is 6.54 Å². The van der Waals surface area contributed by atoms with E-state index < -0.39 is 11.9 Å². The fourth-order valence-corrected chi connectivity index (χ4v) is 2.68. The molecular formula is C11H15F3N4S. The highest BCUT2D eigenvalue weighted by molar-refractivity contribution is 7.09. The lowest BCUT2D eigenvalue weighted by molar-refractivity contribution is -0.140. The number of rotatable bonds is 2. The molecule has 8 heteroatoms. The summed E-state index contributed by atoms with van der Waals surface area (Å²) in [7, 11) is 1.67. The number of likely N-dealkylation sites (tertiary alicyclic amines) is 1. The average molecular weight is 292 g/mol. The van der Waals surface area contributed by atoms with Crippen LogP contribution in [0.15, 0.2) is 10.4 Å². The molecule has 2 heterocycles. The number of thiazole rings is 1. The van der Waals surface area contributed by atoms with Crippen LogP contribution in [0.25, 0.3) is 0 Å². The fourth-order valence-electron chi connectivity index (χ4n) is 1.94. The molecule has 0 radical (unpaired) electrons. The van der Waals surface area contributed by atoms with Crippen molar-refractivity contribution in [3.05, 3.63) is 16.1 Å². The molecule has 1 N–H and O–H groups in total. The van der Waals surface area contributed by atoms with Gasteiger partial charge in [-0.05, 0) is 12.8 Å². The molecule has 2 rings (SSSR count). The van der Waals surface area contributed by atoms with Gasteiger partial charge in [0.15, 0.2) is 11.7 Å². The van der Waals surface area contributed by atoms with Gasteiger partial charge in [0.1, 0.15) is 5.01 Å². The molecule has 4 nitrogen and oxygen atoms in total. The monoisotopic (exact) mass is 292 g/mol. The second kappa shape index (κ2) is 5.77. The van der Waals surface area contributed by atoms with Gasteiger partial charge in [-0.2, -0.15) is 13.2 Å². The summed E-state index contributed by atoms with van der Waals surface area (Å²) >= 11 is 1.00. The molecular weight excluding hydrogens is 277 g/mol. The zero-order chi connectivity index (χ0) is 13.9. The number of guanidine groups is 1. The van der Waals surface area contributed by atoms with Crippen LogP contribution in [0, 0.1) is 0 Å². The Balaban J connectivity index is 1.92. The van der Waals surface area contributed by atoms with Gasteiger partial charge >= 0.3 is 6.18 Å². The largest absolute Gasteiger partial charge is 0.434 e. The Hall–Kier alpha value is -1.31. The highest BCUT2D eigenvalue weighted by atomic mass is 32.1. The summed E-state index contributed by atoms with van der Waals surface area (Å²) in [5.74, 6) is 0.723. The van der Waals surface area contributed by atoms with Crippen LogP contribution in [0.3, 0.4) is 0 Å². The predicted molar refractivity (Wildman–Crippen MR) is 68.1 cm³/mol. The Morgan fingerprint density at radius 2 is 2.16 bits per heavy atom. The van der Waals surface area contributed by atoms with Crippen molar-refractivity contribution in [2.24, 2.45) is 4.99 Å². The Bertz CT molecular complexity index is 449. The van der Waals surface area contributed by atoms with Gasteiger partial charge in [-0.1, -0.05) is 0 Å². The van der Waals surface area contributed by atoms with Crippen molar-refractivity contribution in [1.29, 1.82) is 0 Å². The van der Waals surface area contributed by atoms with Crippen molar-refractivity contribution in [2.75, 3.05) is 20.1 Å². The van der Waals surface area contributed by atoms with E-state index in [9.17, 15) is 13.2 Å². The zero-order valence-electron chi connectivity index (χ0n) is 10.5. The first-order valence-corrected chi connectivity index (χ1v) is 6.86. The minimum Gasteiger partial charge on any atom is -0.350 e. The fraction of sp³-hybridized carbons (Fsp3) is 0.636. The maximum absolute atomic E-state index is 12.4. The minimum absolute atomic E-state index is 0.268. The second-order valence-electron chi connectivity index (χ2n) is 4.22. The molecule has 0 atom stereocenters. The van der Waals surface area contributed by atoms with Gasteiger partial charge in [-0.3, -0.25) is 4.99 Å². The van der Waals surface area contributed by atoms with E-state index in [-0.39, 0.29) is 6.54 Å². The first-order valence-electron chi connectivity index (χ1n) is 5.98. The van der Waals surface area contributed by atoms with E-state index >= 15 is 0 Å². The second-order valence-corrected chi connectivity index (χ2v) is 5.16. The normalized spacial score (nSPS) is 17.1. The molecule has 1 aliphatic heterocycles. The molecule has 0 spiro atoms. The summed E-state index contributed by atoms with van der Waals surface area (Å²) in [6, 6.07) is 0. The third-order valence-electron chi connectivity index (χ3n) is 2.86. The van der Waals surface area contributed by atoms with Gasteiger partial charge in [0.25, 0.3) is 0 Å². The Morgan fingerprint density at radius 3 is 2.68 bits per heavy atom. The van der Waals surface area contributed by atoms with Crippen LogP contribution < -0.4 is 5.32 Å². The SMILES string of the molecule is CN=C(NCc1nc(C(F)(F)F)cs1)N1CCCC1. The molecule has 0 saturated carbocycles. The van der Waals surface area contributed by atoms with Gasteiger partial charge in [0.2, 0.25) is 0 Å². The molecule has 106 valence electrons. The topological polar surface area (TPSA) is 40.5 Å². The number of nitrogens with zero attached hydrogens (tertiary/aromatic N) is 3. The third kappa shape index (κ3) is 3.59. The molecule has 0 unspecified atom stereocenters. The summed E-state index contributed by atoms with van der Waals surface area (Å²) in [5.41, 5.74) is -0.828. The van der Waals surface area contributed by atoms with E-state index in [0.717, 1.165) is 48.6 Å². The lowest BCUT2D eigenvalue weighted by Crippen LogP contribution is -2.39. The lowest BCUT2D eigenvalue weighted by atomic mass is 10.4. The van der Waals surface area contributed by atoms with Crippen LogP contribution in [-0.4, -0.2) is 36.0 Å². The van der Waals surface area contributed by atoms with Crippen LogP contribution in [-0.2, 0) is 12.7 Å². The number of hydrogen-bond donors (Lipinski definition) is 1. The standard InChI is InChI=1S/C11H15F3N4S/c1-15-10(18-4-2-3-5-18)16-6-9-17-8(7-19-9)11(12,13)14/h7H,2-6H2,1H3,(H,15,16). The molecule has 1 aromatic rings. The van der Waals surface area contributed by atoms with Crippen molar-refractivity contribution < 1.29 is 13.2 Å². The summed E-state index contributed by atoms with van der Waals surface area (Å²) in [6.45, 7) is 2.14. The van der Waals surface area contributed by atoms with Crippen LogP contribution in [0.4, 0.5) is 13.2 Å². The lowest BCUT2D eigenvalue weighted by Gasteiger charge is -2.20. The molecule has 1 saturated heterocycles. The van der Waals surface area contributed by atoms with Crippen molar-refractivity contribution in [2.45, 2.75) is 25.6 Å². The first kappa shape index (κ1) is 14.1. The molecule has 0 bridgehead atoms. The minimum atomic E-state index is -4.37. The zero-order valence-corrected chi connectivity index (χ0v) is 11.3. The summed E-state index contributed by atoms with van der Waals surface area (Å²) < 4.78 is 37.2. The van der Waals surface area contributed by atoms with Crippen LogP contribution >= 0.6 is 11.3 Å². The van der Waals surface area contributed by atoms with Crippen molar-refractivity contribution >= 4 is 17.3 Å². The summed E-state index contributed by atoms with van der Waals surface area (Å²) in [6.07, 6.45) is -2.13. The van der Waals surface area contributed by atoms with Crippen molar-refractivity contribution in [3.63, 3.8) is 0 Å². The van der Waals surface area contributed by atoms with Crippen molar-refractivity contribution in [1.82, 2.24) is 15.2 Å². The van der Waals surface area contributed by atoms with E-state index in [4.69, 9.17) is 0 Å². The maximum Gasteiger partial charge on any atom is 0.434 e. The van der Waals surface area contributed by atoms with E-state index in [1.165, 1.54) is 0 Å². The predicted octanol–water partition coefficient (Wildman–Crippen LogP) is 2.33. The number of alkyl halides is 3. The van der Waals surface area contributed by atoms with Crippen molar-refractivity contribution in [3.8, 4) is 0 Å². The molecule has 0 aliphatic carbocycles. The Kier molecular flexibility index (Phi) is 4.28. The molecule has 1 aromatic heterocycles. The number of aromatic nitrogens is 1. The van der Waals surface area contributed by atoms with Gasteiger partial charge < -0.3 is 10.2 Å². The van der Waals surface area contributed by atoms with Gasteiger partial charge in [-0.25, -0.2) is 4.98 Å². The first-order chi connectivity index (χ1) is 9.00. The molecule has 19 heavy (non-hydrogen) atoms. The third-order valence-corrected chi connectivity index (χ3v) is 3.71. The van der Waals surface area contributed by atoms with E-state index in [1.807, 2.05) is 0 Å². The van der Waals surface area contributed by atoms with E-state index in [0.29, 0.717) is 5.01 Å². The molecule has 0 amide bonds. The Labute approximate surface area is 113 Å². The number of nitrogens with one attached hydrogen (secondary N) is 1. The van der Waals surface area contributed by atoms with Gasteiger partial charge in [-0.15, -0.1) is 11.3 Å². The van der Waals surface area contributed by atoms with E-state index in [2.05, 4.69) is 20.2 Å². The maximum atomic E-state index is 12.4. The number of halogens is 3. The molecule has 1 fully saturated rings. The quantitative estimate of drug-likeness (QED) is 0.672. The summed E-state index contributed by atoms with van der Waals surface area (Å²) in [4.78, 5) is 9.79. The van der Waals surface area contributed by atoms with Gasteiger partial charge in [0, 0.05) is 25.5 Å². The van der Waals surface area contributed by atoms with Crippen LogP contribution in [0.1, 0.15) is 23.5 Å². The van der Waals surface area contributed by atoms with Crippen LogP contribution in [0.5, 0.6) is 0 Å². The number of aliphatic imine (C=N–C) groups is 1. The average Bonchev–Trinajstić information content (AvgIpc) is 2.99. The molecule has 1 aliphatic rings.